The summed E-state index contributed by atoms with van der Waals surface area (Å²) in [5, 5.41) is 0. The van der Waals surface area contributed by atoms with E-state index in [2.05, 4.69) is 43.7 Å². The molecule has 61 valence electrons. The van der Waals surface area contributed by atoms with Crippen molar-refractivity contribution >= 4 is 6.08 Å². The Morgan fingerprint density at radius 1 is 1.17 bits per heavy atom. The van der Waals surface area contributed by atoms with Crippen LogP contribution in [0, 0.1) is 6.42 Å². The maximum atomic E-state index is 2.29. The van der Waals surface area contributed by atoms with Crippen molar-refractivity contribution in [1.29, 1.82) is 0 Å². The predicted octanol–water partition coefficient (Wildman–Crippen LogP) is 3.22. The Balaban J connectivity index is 2.29. The third-order valence-electron chi connectivity index (χ3n) is 2.24. The summed E-state index contributed by atoms with van der Waals surface area (Å²) in [4.78, 5) is 0. The minimum atomic E-state index is 1.20. The van der Waals surface area contributed by atoms with Crippen LogP contribution in [-0.4, -0.2) is 0 Å². The Kier molecular flexibility index (Phi) is 1.99. The fraction of sp³-hybridized carbons (Fsp3) is 0.250. The Morgan fingerprint density at radius 2 is 2.08 bits per heavy atom. The molecule has 0 heteroatoms. The molecule has 12 heavy (non-hydrogen) atoms. The summed E-state index contributed by atoms with van der Waals surface area (Å²) in [6.45, 7) is 2.22. The van der Waals surface area contributed by atoms with E-state index in [1.165, 1.54) is 29.5 Å². The van der Waals surface area contributed by atoms with E-state index >= 15 is 0 Å². The van der Waals surface area contributed by atoms with Crippen molar-refractivity contribution in [1.82, 2.24) is 0 Å². The molecule has 0 fully saturated rings. The van der Waals surface area contributed by atoms with Gasteiger partial charge >= 0.3 is 0 Å². The summed E-state index contributed by atoms with van der Waals surface area (Å²) in [6, 6.07) is 6.73. The fourth-order valence-electron chi connectivity index (χ4n) is 1.62. The smallest absolute Gasteiger partial charge is 0.0131 e. The van der Waals surface area contributed by atoms with Gasteiger partial charge in [0, 0.05) is 6.42 Å². The van der Waals surface area contributed by atoms with Gasteiger partial charge in [0.2, 0.25) is 0 Å². The van der Waals surface area contributed by atoms with Crippen molar-refractivity contribution in [2.24, 2.45) is 0 Å². The predicted molar refractivity (Wildman–Crippen MR) is 52.9 cm³/mol. The molecule has 0 saturated carbocycles. The second-order valence-corrected chi connectivity index (χ2v) is 3.24. The van der Waals surface area contributed by atoms with Crippen LogP contribution >= 0.6 is 0 Å². The van der Waals surface area contributed by atoms with Crippen molar-refractivity contribution in [3.05, 3.63) is 47.4 Å². The van der Waals surface area contributed by atoms with Gasteiger partial charge in [-0.25, -0.2) is 0 Å². The number of hydrogen-bond acceptors (Lipinski definition) is 0. The highest BCUT2D eigenvalue weighted by molar-refractivity contribution is 5.65. The molecule has 0 spiro atoms. The first-order valence-corrected chi connectivity index (χ1v) is 4.54. The Morgan fingerprint density at radius 3 is 2.92 bits per heavy atom. The van der Waals surface area contributed by atoms with E-state index in [-0.39, 0.29) is 0 Å². The first-order chi connectivity index (χ1) is 5.90. The van der Waals surface area contributed by atoms with Crippen LogP contribution in [0.3, 0.4) is 0 Å². The van der Waals surface area contributed by atoms with Gasteiger partial charge < -0.3 is 0 Å². The molecule has 1 radical (unpaired) electrons. The van der Waals surface area contributed by atoms with Crippen LogP contribution in [0.5, 0.6) is 0 Å². The summed E-state index contributed by atoms with van der Waals surface area (Å²) in [7, 11) is 0. The summed E-state index contributed by atoms with van der Waals surface area (Å²) >= 11 is 0. The number of fused-ring (bicyclic) bond motifs is 1. The van der Waals surface area contributed by atoms with E-state index < -0.39 is 0 Å². The van der Waals surface area contributed by atoms with Crippen LogP contribution in [0.25, 0.3) is 6.08 Å². The molecule has 0 atom stereocenters. The summed E-state index contributed by atoms with van der Waals surface area (Å²) in [5.41, 5.74) is 4.19. The van der Waals surface area contributed by atoms with Crippen molar-refractivity contribution in [3.8, 4) is 0 Å². The number of aryl methyl sites for hydroxylation is 1. The lowest BCUT2D eigenvalue weighted by atomic mass is 10.0. The van der Waals surface area contributed by atoms with Gasteiger partial charge in [0.05, 0.1) is 0 Å². The van der Waals surface area contributed by atoms with Gasteiger partial charge in [-0.1, -0.05) is 43.7 Å². The van der Waals surface area contributed by atoms with Gasteiger partial charge in [0.15, 0.2) is 0 Å². The number of hydrogen-bond donors (Lipinski definition) is 0. The first-order valence-electron chi connectivity index (χ1n) is 4.54. The zero-order chi connectivity index (χ0) is 8.39. The molecular formula is C12H13. The minimum Gasteiger partial charge on any atom is -0.0755 e. The minimum absolute atomic E-state index is 1.20. The average molecular weight is 157 g/mol. The van der Waals surface area contributed by atoms with Crippen molar-refractivity contribution in [2.45, 2.75) is 19.8 Å². The van der Waals surface area contributed by atoms with Gasteiger partial charge in [-0.05, 0) is 23.1 Å². The molecule has 0 unspecified atom stereocenters. The zero-order valence-corrected chi connectivity index (χ0v) is 7.38. The summed E-state index contributed by atoms with van der Waals surface area (Å²) in [6.07, 6.45) is 8.87. The standard InChI is InChI=1S/C12H13/c1-2-4-10-7-8-11-5-3-6-12(11)9-10/h3,5-9H,2,4H2,1H3. The lowest BCUT2D eigenvalue weighted by Crippen LogP contribution is -1.86. The van der Waals surface area contributed by atoms with Gasteiger partial charge in [-0.15, -0.1) is 0 Å². The first kappa shape index (κ1) is 7.60. The molecule has 1 aliphatic rings. The topological polar surface area (TPSA) is 0 Å². The van der Waals surface area contributed by atoms with Crippen LogP contribution in [0.4, 0.5) is 0 Å². The number of allylic oxidation sites excluding steroid dienone is 1. The number of rotatable bonds is 2. The number of benzene rings is 1. The normalized spacial score (nSPS) is 13.4. The molecule has 0 saturated heterocycles. The second kappa shape index (κ2) is 3.14. The zero-order valence-electron chi connectivity index (χ0n) is 7.38. The monoisotopic (exact) mass is 157 g/mol. The molecule has 1 aromatic carbocycles. The molecular weight excluding hydrogens is 144 g/mol. The molecule has 0 amide bonds. The van der Waals surface area contributed by atoms with E-state index in [9.17, 15) is 0 Å². The van der Waals surface area contributed by atoms with Gasteiger partial charge in [0.25, 0.3) is 0 Å². The largest absolute Gasteiger partial charge is 0.0755 e. The molecule has 0 aromatic heterocycles. The molecule has 0 N–H and O–H groups in total. The molecule has 2 rings (SSSR count). The highest BCUT2D eigenvalue weighted by atomic mass is 14.1. The van der Waals surface area contributed by atoms with Crippen LogP contribution in [-0.2, 0) is 6.42 Å². The van der Waals surface area contributed by atoms with E-state index in [1.807, 2.05) is 0 Å². The van der Waals surface area contributed by atoms with E-state index in [0.717, 1.165) is 0 Å². The Labute approximate surface area is 73.9 Å². The van der Waals surface area contributed by atoms with Crippen LogP contribution in [0.1, 0.15) is 30.0 Å². The molecule has 0 nitrogen and oxygen atoms in total. The van der Waals surface area contributed by atoms with Crippen molar-refractivity contribution in [2.75, 3.05) is 0 Å². The molecule has 1 aliphatic carbocycles. The maximum Gasteiger partial charge on any atom is 0.0131 e. The van der Waals surface area contributed by atoms with Crippen molar-refractivity contribution in [3.63, 3.8) is 0 Å². The molecule has 0 heterocycles. The summed E-state index contributed by atoms with van der Waals surface area (Å²) in [5.74, 6) is 0. The highest BCUT2D eigenvalue weighted by Gasteiger charge is 2.04. The van der Waals surface area contributed by atoms with Gasteiger partial charge in [-0.2, -0.15) is 0 Å². The SMILES string of the molecule is CCCc1ccc2c(c1)[CH]C=C2. The van der Waals surface area contributed by atoms with E-state index in [1.54, 1.807) is 0 Å². The fourth-order valence-corrected chi connectivity index (χ4v) is 1.62. The second-order valence-electron chi connectivity index (χ2n) is 3.24. The third kappa shape index (κ3) is 1.29. The molecule has 0 bridgehead atoms. The van der Waals surface area contributed by atoms with Crippen LogP contribution in [0.15, 0.2) is 24.3 Å². The van der Waals surface area contributed by atoms with Crippen LogP contribution in [0.2, 0.25) is 0 Å². The van der Waals surface area contributed by atoms with Gasteiger partial charge in [-0.3, -0.25) is 0 Å². The quantitative estimate of drug-likeness (QED) is 0.618. The lowest BCUT2D eigenvalue weighted by Gasteiger charge is -2.02. The molecule has 0 aliphatic heterocycles. The van der Waals surface area contributed by atoms with E-state index in [4.69, 9.17) is 0 Å². The summed E-state index contributed by atoms with van der Waals surface area (Å²) < 4.78 is 0. The van der Waals surface area contributed by atoms with Crippen LogP contribution < -0.4 is 0 Å². The third-order valence-corrected chi connectivity index (χ3v) is 2.24. The molecule has 1 aromatic rings. The van der Waals surface area contributed by atoms with Gasteiger partial charge in [0.1, 0.15) is 0 Å². The van der Waals surface area contributed by atoms with Crippen molar-refractivity contribution < 1.29 is 0 Å². The van der Waals surface area contributed by atoms with E-state index in [0.29, 0.717) is 0 Å². The highest BCUT2D eigenvalue weighted by Crippen LogP contribution is 2.22. The Bertz CT molecular complexity index is 308. The maximum absolute atomic E-state index is 2.29. The average Bonchev–Trinajstić information content (AvgIpc) is 2.51. The lowest BCUT2D eigenvalue weighted by molar-refractivity contribution is 0.921. The Hall–Kier alpha value is -1.04.